The number of aryl methyl sites for hydroxylation is 1. The van der Waals surface area contributed by atoms with Crippen molar-refractivity contribution >= 4 is 34.1 Å². The first-order valence-electron chi connectivity index (χ1n) is 13.4. The number of hydrogen-bond donors (Lipinski definition) is 1. The molecular weight excluding hydrogens is 484 g/mol. The molecule has 39 heavy (non-hydrogen) atoms. The van der Waals surface area contributed by atoms with Crippen LogP contribution < -0.4 is 9.80 Å². The van der Waals surface area contributed by atoms with E-state index in [1.54, 1.807) is 6.33 Å². The van der Waals surface area contributed by atoms with E-state index in [4.69, 9.17) is 0 Å². The summed E-state index contributed by atoms with van der Waals surface area (Å²) in [4.78, 5) is 32.4. The van der Waals surface area contributed by atoms with Crippen LogP contribution in [0.25, 0.3) is 22.2 Å². The second kappa shape index (κ2) is 10.6. The number of carbonyl (C=O) groups is 1. The van der Waals surface area contributed by atoms with Crippen LogP contribution in [0.3, 0.4) is 0 Å². The second-order valence-electron chi connectivity index (χ2n) is 10.1. The zero-order valence-electron chi connectivity index (χ0n) is 22.3. The lowest BCUT2D eigenvalue weighted by Gasteiger charge is -2.35. The molecule has 1 saturated heterocycles. The van der Waals surface area contributed by atoms with E-state index in [9.17, 15) is 4.79 Å². The largest absolute Gasteiger partial charge is 0.354 e. The number of amides is 1. The van der Waals surface area contributed by atoms with Gasteiger partial charge in [-0.3, -0.25) is 4.79 Å². The summed E-state index contributed by atoms with van der Waals surface area (Å²) in [5.41, 5.74) is 6.52. The summed E-state index contributed by atoms with van der Waals surface area (Å²) in [7, 11) is 2.02. The minimum Gasteiger partial charge on any atom is -0.354 e. The van der Waals surface area contributed by atoms with Gasteiger partial charge in [0.2, 0.25) is 5.91 Å². The van der Waals surface area contributed by atoms with Crippen LogP contribution in [0.4, 0.5) is 17.3 Å². The van der Waals surface area contributed by atoms with Crippen LogP contribution in [0.5, 0.6) is 0 Å². The molecule has 3 aromatic carbocycles. The molecule has 1 N–H and O–H groups in total. The number of aromatic nitrogens is 3. The highest BCUT2D eigenvalue weighted by Crippen LogP contribution is 2.31. The first kappa shape index (κ1) is 24.7. The molecule has 1 amide bonds. The van der Waals surface area contributed by atoms with Gasteiger partial charge < -0.3 is 19.7 Å². The van der Waals surface area contributed by atoms with Gasteiger partial charge in [0.1, 0.15) is 18.0 Å². The highest BCUT2D eigenvalue weighted by atomic mass is 16.2. The summed E-state index contributed by atoms with van der Waals surface area (Å²) >= 11 is 0. The van der Waals surface area contributed by atoms with Gasteiger partial charge in [0, 0.05) is 55.9 Å². The highest BCUT2D eigenvalue weighted by Gasteiger charge is 2.25. The van der Waals surface area contributed by atoms with Crippen molar-refractivity contribution in [2.75, 3.05) is 43.0 Å². The predicted molar refractivity (Wildman–Crippen MR) is 158 cm³/mol. The molecule has 196 valence electrons. The normalized spacial score (nSPS) is 13.6. The summed E-state index contributed by atoms with van der Waals surface area (Å²) in [6.07, 6.45) is 1.99. The minimum absolute atomic E-state index is 0.152. The van der Waals surface area contributed by atoms with Gasteiger partial charge in [-0.2, -0.15) is 0 Å². The summed E-state index contributed by atoms with van der Waals surface area (Å²) in [6, 6.07) is 28.9. The van der Waals surface area contributed by atoms with E-state index in [1.165, 1.54) is 5.56 Å². The number of piperazine rings is 1. The summed E-state index contributed by atoms with van der Waals surface area (Å²) < 4.78 is 0. The first-order valence-corrected chi connectivity index (χ1v) is 13.4. The van der Waals surface area contributed by atoms with Crippen molar-refractivity contribution in [1.29, 1.82) is 0 Å². The molecule has 5 aromatic rings. The Hall–Kier alpha value is -4.65. The Labute approximate surface area is 228 Å². The van der Waals surface area contributed by atoms with Gasteiger partial charge in [-0.15, -0.1) is 0 Å². The molecule has 0 bridgehead atoms. The fraction of sp³-hybridized carbons (Fsp3) is 0.219. The molecule has 1 fully saturated rings. The SMILES string of the molecule is Cc1cccc(N(C)c2cc(N3CCN(C(=O)Cc4c(-c5ccccc5)[nH]c5ccccc45)CC3)ncn2)c1. The molecule has 3 heterocycles. The molecule has 0 spiro atoms. The fourth-order valence-electron chi connectivity index (χ4n) is 5.35. The number of rotatable bonds is 6. The standard InChI is InChI=1S/C32H32N6O/c1-23-9-8-12-25(19-23)36(2)29-21-30(34-22-33-29)37-15-17-38(18-16-37)31(39)20-27-26-13-6-7-14-28(26)35-32(27)24-10-4-3-5-11-24/h3-14,19,21-22,35H,15-18,20H2,1-2H3. The molecular formula is C32H32N6O. The Bertz CT molecular complexity index is 1600. The van der Waals surface area contributed by atoms with Crippen LogP contribution in [0.1, 0.15) is 11.1 Å². The van der Waals surface area contributed by atoms with Crippen molar-refractivity contribution in [1.82, 2.24) is 19.9 Å². The molecule has 1 aliphatic heterocycles. The van der Waals surface area contributed by atoms with Gasteiger partial charge in [-0.1, -0.05) is 60.7 Å². The molecule has 2 aromatic heterocycles. The average Bonchev–Trinajstić information content (AvgIpc) is 3.35. The van der Waals surface area contributed by atoms with Crippen LogP contribution in [0.2, 0.25) is 0 Å². The third kappa shape index (κ3) is 5.08. The maximum atomic E-state index is 13.5. The Kier molecular flexibility index (Phi) is 6.71. The fourth-order valence-corrected chi connectivity index (χ4v) is 5.35. The summed E-state index contributed by atoms with van der Waals surface area (Å²) in [6.45, 7) is 4.87. The summed E-state index contributed by atoms with van der Waals surface area (Å²) in [5, 5.41) is 1.11. The monoisotopic (exact) mass is 516 g/mol. The molecule has 7 nitrogen and oxygen atoms in total. The predicted octanol–water partition coefficient (Wildman–Crippen LogP) is 5.59. The number of carbonyl (C=O) groups excluding carboxylic acids is 1. The Morgan fingerprint density at radius 3 is 2.46 bits per heavy atom. The van der Waals surface area contributed by atoms with E-state index in [2.05, 4.69) is 80.2 Å². The maximum Gasteiger partial charge on any atom is 0.227 e. The number of anilines is 3. The zero-order chi connectivity index (χ0) is 26.8. The van der Waals surface area contributed by atoms with Crippen molar-refractivity contribution in [3.63, 3.8) is 0 Å². The highest BCUT2D eigenvalue weighted by molar-refractivity contribution is 5.95. The second-order valence-corrected chi connectivity index (χ2v) is 10.1. The number of hydrogen-bond acceptors (Lipinski definition) is 5. The number of benzene rings is 3. The van der Waals surface area contributed by atoms with Crippen LogP contribution in [0, 0.1) is 6.92 Å². The molecule has 0 atom stereocenters. The molecule has 0 unspecified atom stereocenters. The van der Waals surface area contributed by atoms with E-state index in [0.717, 1.165) is 58.1 Å². The van der Waals surface area contributed by atoms with Crippen LogP contribution in [-0.4, -0.2) is 59.0 Å². The van der Waals surface area contributed by atoms with Gasteiger partial charge in [-0.25, -0.2) is 9.97 Å². The number of nitrogens with one attached hydrogen (secondary N) is 1. The van der Waals surface area contributed by atoms with Gasteiger partial charge in [-0.05, 0) is 41.8 Å². The third-order valence-corrected chi connectivity index (χ3v) is 7.53. The van der Waals surface area contributed by atoms with E-state index < -0.39 is 0 Å². The Morgan fingerprint density at radius 2 is 1.67 bits per heavy atom. The van der Waals surface area contributed by atoms with E-state index in [1.807, 2.05) is 48.3 Å². The summed E-state index contributed by atoms with van der Waals surface area (Å²) in [5.74, 6) is 1.88. The quantitative estimate of drug-likeness (QED) is 0.319. The van der Waals surface area contributed by atoms with Crippen molar-refractivity contribution < 1.29 is 4.79 Å². The lowest BCUT2D eigenvalue weighted by Crippen LogP contribution is -2.49. The lowest BCUT2D eigenvalue weighted by atomic mass is 10.0. The molecule has 1 aliphatic rings. The van der Waals surface area contributed by atoms with Crippen molar-refractivity contribution in [3.8, 4) is 11.3 Å². The van der Waals surface area contributed by atoms with Crippen LogP contribution in [-0.2, 0) is 11.2 Å². The number of fused-ring (bicyclic) bond motifs is 1. The topological polar surface area (TPSA) is 68.4 Å². The molecule has 0 saturated carbocycles. The zero-order valence-corrected chi connectivity index (χ0v) is 22.3. The Balaban J connectivity index is 1.15. The van der Waals surface area contributed by atoms with Crippen LogP contribution >= 0.6 is 0 Å². The molecule has 0 radical (unpaired) electrons. The Morgan fingerprint density at radius 1 is 0.897 bits per heavy atom. The first-order chi connectivity index (χ1) is 19.1. The van der Waals surface area contributed by atoms with Gasteiger partial charge in [0.15, 0.2) is 0 Å². The van der Waals surface area contributed by atoms with Crippen molar-refractivity contribution in [2.24, 2.45) is 0 Å². The molecule has 6 rings (SSSR count). The number of H-pyrrole nitrogens is 1. The maximum absolute atomic E-state index is 13.5. The van der Waals surface area contributed by atoms with Gasteiger partial charge in [0.05, 0.1) is 12.1 Å². The molecule has 0 aliphatic carbocycles. The van der Waals surface area contributed by atoms with Crippen LogP contribution in [0.15, 0.2) is 91.3 Å². The number of para-hydroxylation sites is 1. The number of nitrogens with zero attached hydrogens (tertiary/aromatic N) is 5. The smallest absolute Gasteiger partial charge is 0.227 e. The third-order valence-electron chi connectivity index (χ3n) is 7.53. The minimum atomic E-state index is 0.152. The van der Waals surface area contributed by atoms with E-state index in [-0.39, 0.29) is 5.91 Å². The van der Waals surface area contributed by atoms with Gasteiger partial charge in [0.25, 0.3) is 0 Å². The van der Waals surface area contributed by atoms with Crippen molar-refractivity contribution in [3.05, 3.63) is 102 Å². The van der Waals surface area contributed by atoms with Crippen molar-refractivity contribution in [2.45, 2.75) is 13.3 Å². The van der Waals surface area contributed by atoms with E-state index >= 15 is 0 Å². The lowest BCUT2D eigenvalue weighted by molar-refractivity contribution is -0.130. The van der Waals surface area contributed by atoms with Gasteiger partial charge >= 0.3 is 0 Å². The van der Waals surface area contributed by atoms with E-state index in [0.29, 0.717) is 19.5 Å². The molecule has 7 heteroatoms. The average molecular weight is 517 g/mol. The number of aromatic amines is 1.